The Hall–Kier alpha value is -1.56. The molecule has 1 saturated heterocycles. The number of hydrogen-bond acceptors (Lipinski definition) is 4. The Morgan fingerprint density at radius 1 is 1.36 bits per heavy atom. The first-order valence-corrected chi connectivity index (χ1v) is 9.35. The lowest BCUT2D eigenvalue weighted by Gasteiger charge is -2.38. The largest absolute Gasteiger partial charge is 0.488 e. The number of likely N-dealkylation sites (tertiary alicyclic amines) is 1. The molecular weight excluding hydrogens is 356 g/mol. The van der Waals surface area contributed by atoms with E-state index in [1.807, 2.05) is 53.6 Å². The molecule has 136 valence electrons. The van der Waals surface area contributed by atoms with Crippen LogP contribution in [0.3, 0.4) is 0 Å². The molecule has 2 heterocycles. The van der Waals surface area contributed by atoms with Gasteiger partial charge in [0.1, 0.15) is 12.4 Å². The summed E-state index contributed by atoms with van der Waals surface area (Å²) in [7, 11) is 0. The van der Waals surface area contributed by atoms with Crippen LogP contribution in [0.5, 0.6) is 5.75 Å². The summed E-state index contributed by atoms with van der Waals surface area (Å²) in [5.41, 5.74) is 6.76. The molecule has 25 heavy (non-hydrogen) atoms. The number of nitrogens with two attached hydrogens (primary N) is 1. The van der Waals surface area contributed by atoms with E-state index >= 15 is 0 Å². The molecule has 0 aliphatic carbocycles. The highest BCUT2D eigenvalue weighted by Crippen LogP contribution is 2.23. The predicted molar refractivity (Wildman–Crippen MR) is 105 cm³/mol. The zero-order valence-corrected chi connectivity index (χ0v) is 16.0. The van der Waals surface area contributed by atoms with Crippen LogP contribution in [0.2, 0.25) is 0 Å². The average Bonchev–Trinajstić information content (AvgIpc) is 3.13. The van der Waals surface area contributed by atoms with Gasteiger partial charge in [-0.05, 0) is 55.8 Å². The maximum absolute atomic E-state index is 12.9. The first kappa shape index (κ1) is 19.8. The van der Waals surface area contributed by atoms with Gasteiger partial charge in [0.25, 0.3) is 5.91 Å². The Balaban J connectivity index is 0.00000225. The third-order valence-electron chi connectivity index (χ3n) is 4.46. The number of benzene rings is 1. The molecule has 3 rings (SSSR count). The van der Waals surface area contributed by atoms with Crippen LogP contribution >= 0.6 is 23.7 Å². The molecule has 0 bridgehead atoms. The number of piperidine rings is 1. The van der Waals surface area contributed by atoms with Crippen LogP contribution < -0.4 is 10.5 Å². The highest BCUT2D eigenvalue weighted by atomic mass is 35.5. The molecule has 2 N–H and O–H groups in total. The molecule has 0 radical (unpaired) electrons. The third kappa shape index (κ3) is 4.97. The fourth-order valence-electron chi connectivity index (χ4n) is 3.19. The summed E-state index contributed by atoms with van der Waals surface area (Å²) < 4.78 is 5.82. The first-order valence-electron chi connectivity index (χ1n) is 8.47. The van der Waals surface area contributed by atoms with Gasteiger partial charge in [-0.3, -0.25) is 4.79 Å². The fraction of sp³-hybridized carbons (Fsp3) is 0.421. The topological polar surface area (TPSA) is 55.6 Å². The molecule has 0 spiro atoms. The zero-order valence-electron chi connectivity index (χ0n) is 14.4. The molecule has 1 amide bonds. The predicted octanol–water partition coefficient (Wildman–Crippen LogP) is 4.09. The van der Waals surface area contributed by atoms with Crippen LogP contribution in [0, 0.1) is 0 Å². The normalized spacial score (nSPS) is 18.3. The number of carbonyl (C=O) groups excluding carboxylic acids is 1. The second-order valence-corrected chi connectivity index (χ2v) is 7.35. The van der Waals surface area contributed by atoms with Crippen LogP contribution in [0.15, 0.2) is 41.8 Å². The van der Waals surface area contributed by atoms with Crippen molar-refractivity contribution >= 4 is 29.7 Å². The van der Waals surface area contributed by atoms with E-state index in [4.69, 9.17) is 10.5 Å². The number of ether oxygens (including phenoxy) is 1. The van der Waals surface area contributed by atoms with E-state index in [1.165, 1.54) is 4.88 Å². The maximum atomic E-state index is 12.9. The van der Waals surface area contributed by atoms with Crippen molar-refractivity contribution < 1.29 is 9.53 Å². The summed E-state index contributed by atoms with van der Waals surface area (Å²) in [6.07, 6.45) is 3.17. The minimum atomic E-state index is -0.00693. The van der Waals surface area contributed by atoms with E-state index in [1.54, 1.807) is 11.3 Å². The number of amides is 1. The lowest BCUT2D eigenvalue weighted by Crippen LogP contribution is -2.51. The molecular formula is C19H25ClN2O2S. The molecule has 4 nitrogen and oxygen atoms in total. The van der Waals surface area contributed by atoms with Gasteiger partial charge in [0.05, 0.1) is 0 Å². The summed E-state index contributed by atoms with van der Waals surface area (Å²) in [6.45, 7) is 3.30. The summed E-state index contributed by atoms with van der Waals surface area (Å²) in [6, 6.07) is 11.6. The van der Waals surface area contributed by atoms with E-state index < -0.39 is 0 Å². The summed E-state index contributed by atoms with van der Waals surface area (Å²) in [4.78, 5) is 16.0. The zero-order chi connectivity index (χ0) is 16.9. The highest BCUT2D eigenvalue weighted by molar-refractivity contribution is 7.09. The Labute approximate surface area is 159 Å². The Morgan fingerprint density at radius 3 is 2.92 bits per heavy atom. The van der Waals surface area contributed by atoms with Gasteiger partial charge in [-0.2, -0.15) is 0 Å². The molecule has 6 heteroatoms. The van der Waals surface area contributed by atoms with Crippen molar-refractivity contribution in [2.45, 2.75) is 44.9 Å². The Bertz CT molecular complexity index is 676. The van der Waals surface area contributed by atoms with Gasteiger partial charge in [0.2, 0.25) is 0 Å². The van der Waals surface area contributed by atoms with Crippen molar-refractivity contribution in [2.24, 2.45) is 5.73 Å². The molecule has 1 aromatic heterocycles. The van der Waals surface area contributed by atoms with Gasteiger partial charge in [0, 0.05) is 29.1 Å². The second-order valence-electron chi connectivity index (χ2n) is 6.32. The number of hydrogen-bond donors (Lipinski definition) is 1. The van der Waals surface area contributed by atoms with Gasteiger partial charge in [-0.15, -0.1) is 23.7 Å². The standard InChI is InChI=1S/C19H24N2O2S.ClH/c1-14(20)18-9-2-3-10-21(18)19(22)15-6-4-7-16(12-15)23-13-17-8-5-11-24-17;/h4-8,11-12,14,18H,2-3,9-10,13,20H2,1H3;1H. The average molecular weight is 381 g/mol. The Morgan fingerprint density at radius 2 is 2.20 bits per heavy atom. The SMILES string of the molecule is CC(N)C1CCCCN1C(=O)c1cccc(OCc2cccs2)c1.Cl. The maximum Gasteiger partial charge on any atom is 0.254 e. The van der Waals surface area contributed by atoms with Crippen LogP contribution in [0.25, 0.3) is 0 Å². The summed E-state index contributed by atoms with van der Waals surface area (Å²) in [5, 5.41) is 2.03. The van der Waals surface area contributed by atoms with E-state index in [0.29, 0.717) is 12.2 Å². The van der Waals surface area contributed by atoms with Crippen molar-refractivity contribution in [1.82, 2.24) is 4.90 Å². The molecule has 1 aliphatic heterocycles. The molecule has 1 fully saturated rings. The third-order valence-corrected chi connectivity index (χ3v) is 5.31. The fourth-order valence-corrected chi connectivity index (χ4v) is 3.81. The smallest absolute Gasteiger partial charge is 0.254 e. The van der Waals surface area contributed by atoms with Crippen molar-refractivity contribution in [3.05, 3.63) is 52.2 Å². The molecule has 0 saturated carbocycles. The number of halogens is 1. The van der Waals surface area contributed by atoms with Crippen LogP contribution in [0.4, 0.5) is 0 Å². The highest BCUT2D eigenvalue weighted by Gasteiger charge is 2.29. The van der Waals surface area contributed by atoms with E-state index in [9.17, 15) is 4.79 Å². The minimum absolute atomic E-state index is 0. The van der Waals surface area contributed by atoms with Crippen molar-refractivity contribution in [1.29, 1.82) is 0 Å². The summed E-state index contributed by atoms with van der Waals surface area (Å²) in [5.74, 6) is 0.780. The molecule has 2 unspecified atom stereocenters. The number of nitrogens with zero attached hydrogens (tertiary/aromatic N) is 1. The van der Waals surface area contributed by atoms with E-state index in [2.05, 4.69) is 0 Å². The lowest BCUT2D eigenvalue weighted by atomic mass is 9.96. The van der Waals surface area contributed by atoms with Crippen molar-refractivity contribution in [3.63, 3.8) is 0 Å². The molecule has 1 aliphatic rings. The van der Waals surface area contributed by atoms with Crippen LogP contribution in [0.1, 0.15) is 41.4 Å². The minimum Gasteiger partial charge on any atom is -0.488 e. The quantitative estimate of drug-likeness (QED) is 0.849. The number of rotatable bonds is 5. The first-order chi connectivity index (χ1) is 11.6. The number of carbonyl (C=O) groups is 1. The lowest BCUT2D eigenvalue weighted by molar-refractivity contribution is 0.0583. The monoisotopic (exact) mass is 380 g/mol. The van der Waals surface area contributed by atoms with Gasteiger partial charge >= 0.3 is 0 Å². The van der Waals surface area contributed by atoms with E-state index in [-0.39, 0.29) is 30.4 Å². The van der Waals surface area contributed by atoms with Crippen LogP contribution in [-0.4, -0.2) is 29.4 Å². The van der Waals surface area contributed by atoms with Gasteiger partial charge in [-0.25, -0.2) is 0 Å². The molecule has 2 atom stereocenters. The van der Waals surface area contributed by atoms with Gasteiger partial charge < -0.3 is 15.4 Å². The summed E-state index contributed by atoms with van der Waals surface area (Å²) >= 11 is 1.66. The molecule has 2 aromatic rings. The number of thiophene rings is 1. The van der Waals surface area contributed by atoms with Crippen molar-refractivity contribution in [2.75, 3.05) is 6.54 Å². The van der Waals surface area contributed by atoms with Crippen molar-refractivity contribution in [3.8, 4) is 5.75 Å². The van der Waals surface area contributed by atoms with E-state index in [0.717, 1.165) is 31.6 Å². The Kier molecular flexibility index (Phi) is 7.29. The molecule has 1 aromatic carbocycles. The van der Waals surface area contributed by atoms with Crippen LogP contribution in [-0.2, 0) is 6.61 Å². The van der Waals surface area contributed by atoms with Gasteiger partial charge in [-0.1, -0.05) is 12.1 Å². The van der Waals surface area contributed by atoms with Gasteiger partial charge in [0.15, 0.2) is 0 Å². The second kappa shape index (κ2) is 9.22.